The van der Waals surface area contributed by atoms with Gasteiger partial charge in [-0.15, -0.1) is 0 Å². The fraction of sp³-hybridized carbons (Fsp3) is 0.600. The second kappa shape index (κ2) is 4.79. The largest absolute Gasteiger partial charge is 0.392 e. The van der Waals surface area contributed by atoms with Crippen LogP contribution in [0, 0.1) is 0 Å². The van der Waals surface area contributed by atoms with Crippen molar-refractivity contribution in [2.45, 2.75) is 57.7 Å². The highest BCUT2D eigenvalue weighted by atomic mass is 16.3. The summed E-state index contributed by atoms with van der Waals surface area (Å²) in [6.45, 7) is 6.71. The van der Waals surface area contributed by atoms with Crippen molar-refractivity contribution in [1.29, 1.82) is 0 Å². The topological polar surface area (TPSA) is 32.3 Å². The van der Waals surface area contributed by atoms with E-state index in [2.05, 4.69) is 29.6 Å². The minimum atomic E-state index is -0.353. The molecule has 0 heterocycles. The molecule has 0 aliphatic heterocycles. The van der Waals surface area contributed by atoms with E-state index in [9.17, 15) is 5.11 Å². The molecule has 0 saturated heterocycles. The summed E-state index contributed by atoms with van der Waals surface area (Å²) < 4.78 is 0. The molecular formula is C15H23NO. The SMILES string of the molecule is CC(O)C(C)(C)NCc1cccc(C2CC2)c1. The first-order chi connectivity index (χ1) is 7.99. The van der Waals surface area contributed by atoms with Crippen molar-refractivity contribution in [3.63, 3.8) is 0 Å². The molecule has 0 amide bonds. The lowest BCUT2D eigenvalue weighted by atomic mass is 9.98. The van der Waals surface area contributed by atoms with E-state index >= 15 is 0 Å². The summed E-state index contributed by atoms with van der Waals surface area (Å²) in [6.07, 6.45) is 2.33. The number of rotatable bonds is 5. The van der Waals surface area contributed by atoms with Crippen LogP contribution < -0.4 is 5.32 Å². The van der Waals surface area contributed by atoms with Gasteiger partial charge in [-0.2, -0.15) is 0 Å². The van der Waals surface area contributed by atoms with Crippen molar-refractivity contribution >= 4 is 0 Å². The van der Waals surface area contributed by atoms with Gasteiger partial charge in [0.15, 0.2) is 0 Å². The van der Waals surface area contributed by atoms with Crippen molar-refractivity contribution in [3.05, 3.63) is 35.4 Å². The number of benzene rings is 1. The third-order valence-electron chi connectivity index (χ3n) is 3.79. The minimum absolute atomic E-state index is 0.240. The molecule has 1 fully saturated rings. The molecule has 0 aromatic heterocycles. The molecule has 0 spiro atoms. The Morgan fingerprint density at radius 1 is 1.41 bits per heavy atom. The first kappa shape index (κ1) is 12.6. The number of aliphatic hydroxyl groups excluding tert-OH is 1. The van der Waals surface area contributed by atoms with E-state index in [4.69, 9.17) is 0 Å². The molecule has 2 N–H and O–H groups in total. The molecule has 0 bridgehead atoms. The van der Waals surface area contributed by atoms with Crippen LogP contribution in [0.3, 0.4) is 0 Å². The molecule has 2 nitrogen and oxygen atoms in total. The van der Waals surface area contributed by atoms with Gasteiger partial charge in [-0.05, 0) is 50.7 Å². The zero-order valence-corrected chi connectivity index (χ0v) is 11.0. The standard InChI is InChI=1S/C15H23NO/c1-11(17)15(2,3)16-10-12-5-4-6-14(9-12)13-7-8-13/h4-6,9,11,13,16-17H,7-8,10H2,1-3H3. The summed E-state index contributed by atoms with van der Waals surface area (Å²) in [4.78, 5) is 0. The van der Waals surface area contributed by atoms with E-state index < -0.39 is 0 Å². The van der Waals surface area contributed by atoms with Crippen molar-refractivity contribution in [3.8, 4) is 0 Å². The molecule has 1 aliphatic carbocycles. The van der Waals surface area contributed by atoms with Crippen LogP contribution in [-0.2, 0) is 6.54 Å². The van der Waals surface area contributed by atoms with Gasteiger partial charge in [0.2, 0.25) is 0 Å². The smallest absolute Gasteiger partial charge is 0.0688 e. The maximum Gasteiger partial charge on any atom is 0.0688 e. The van der Waals surface area contributed by atoms with Crippen LogP contribution in [0.5, 0.6) is 0 Å². The lowest BCUT2D eigenvalue weighted by molar-refractivity contribution is 0.0956. The fourth-order valence-corrected chi connectivity index (χ4v) is 1.85. The average Bonchev–Trinajstić information content (AvgIpc) is 3.10. The van der Waals surface area contributed by atoms with Gasteiger partial charge in [-0.25, -0.2) is 0 Å². The minimum Gasteiger partial charge on any atom is -0.392 e. The Labute approximate surface area is 104 Å². The monoisotopic (exact) mass is 233 g/mol. The Kier molecular flexibility index (Phi) is 3.55. The summed E-state index contributed by atoms with van der Waals surface area (Å²) in [5, 5.41) is 13.1. The fourth-order valence-electron chi connectivity index (χ4n) is 1.85. The molecule has 1 saturated carbocycles. The Morgan fingerprint density at radius 2 is 2.12 bits per heavy atom. The molecule has 94 valence electrons. The van der Waals surface area contributed by atoms with Crippen molar-refractivity contribution in [1.82, 2.24) is 5.32 Å². The Morgan fingerprint density at radius 3 is 2.71 bits per heavy atom. The van der Waals surface area contributed by atoms with E-state index in [-0.39, 0.29) is 11.6 Å². The van der Waals surface area contributed by atoms with Crippen molar-refractivity contribution < 1.29 is 5.11 Å². The van der Waals surface area contributed by atoms with Crippen LogP contribution in [-0.4, -0.2) is 16.7 Å². The van der Waals surface area contributed by atoms with Gasteiger partial charge in [0.05, 0.1) is 6.10 Å². The molecule has 17 heavy (non-hydrogen) atoms. The van der Waals surface area contributed by atoms with Crippen LogP contribution in [0.25, 0.3) is 0 Å². The van der Waals surface area contributed by atoms with E-state index in [0.717, 1.165) is 12.5 Å². The van der Waals surface area contributed by atoms with Crippen LogP contribution in [0.1, 0.15) is 50.7 Å². The second-order valence-electron chi connectivity index (χ2n) is 5.77. The first-order valence-corrected chi connectivity index (χ1v) is 6.51. The third-order valence-corrected chi connectivity index (χ3v) is 3.79. The van der Waals surface area contributed by atoms with E-state index in [0.29, 0.717) is 0 Å². The molecule has 1 aromatic rings. The molecule has 0 radical (unpaired) electrons. The summed E-state index contributed by atoms with van der Waals surface area (Å²) in [5.41, 5.74) is 2.54. The maximum atomic E-state index is 9.65. The van der Waals surface area contributed by atoms with Gasteiger partial charge in [-0.1, -0.05) is 24.3 Å². The summed E-state index contributed by atoms with van der Waals surface area (Å²) in [5.74, 6) is 0.805. The van der Waals surface area contributed by atoms with Crippen LogP contribution in [0.2, 0.25) is 0 Å². The zero-order valence-electron chi connectivity index (χ0n) is 11.0. The van der Waals surface area contributed by atoms with Gasteiger partial charge < -0.3 is 10.4 Å². The summed E-state index contributed by atoms with van der Waals surface area (Å²) in [7, 11) is 0. The highest BCUT2D eigenvalue weighted by Gasteiger charge is 2.24. The van der Waals surface area contributed by atoms with E-state index in [1.807, 2.05) is 20.8 Å². The predicted molar refractivity (Wildman–Crippen MR) is 71.0 cm³/mol. The lowest BCUT2D eigenvalue weighted by Crippen LogP contribution is -2.47. The van der Waals surface area contributed by atoms with Crippen LogP contribution >= 0.6 is 0 Å². The Bertz CT molecular complexity index is 380. The highest BCUT2D eigenvalue weighted by Crippen LogP contribution is 2.40. The molecule has 1 aromatic carbocycles. The molecule has 2 heteroatoms. The predicted octanol–water partition coefficient (Wildman–Crippen LogP) is 2.81. The third kappa shape index (κ3) is 3.30. The Hall–Kier alpha value is -0.860. The highest BCUT2D eigenvalue weighted by molar-refractivity contribution is 5.29. The number of hydrogen-bond acceptors (Lipinski definition) is 2. The second-order valence-corrected chi connectivity index (χ2v) is 5.77. The maximum absolute atomic E-state index is 9.65. The summed E-state index contributed by atoms with van der Waals surface area (Å²) in [6, 6.07) is 8.81. The van der Waals surface area contributed by atoms with Crippen LogP contribution in [0.4, 0.5) is 0 Å². The molecule has 2 rings (SSSR count). The molecule has 1 atom stereocenters. The summed E-state index contributed by atoms with van der Waals surface area (Å²) >= 11 is 0. The van der Waals surface area contributed by atoms with E-state index in [1.54, 1.807) is 0 Å². The van der Waals surface area contributed by atoms with Crippen molar-refractivity contribution in [2.75, 3.05) is 0 Å². The van der Waals surface area contributed by atoms with Gasteiger partial charge in [0.25, 0.3) is 0 Å². The van der Waals surface area contributed by atoms with E-state index in [1.165, 1.54) is 24.0 Å². The number of nitrogens with one attached hydrogen (secondary N) is 1. The van der Waals surface area contributed by atoms with Gasteiger partial charge >= 0.3 is 0 Å². The quantitative estimate of drug-likeness (QED) is 0.819. The molecule has 1 unspecified atom stereocenters. The Balaban J connectivity index is 1.96. The lowest BCUT2D eigenvalue weighted by Gasteiger charge is -2.29. The normalized spacial score (nSPS) is 18.1. The van der Waals surface area contributed by atoms with Gasteiger partial charge in [-0.3, -0.25) is 0 Å². The zero-order chi connectivity index (χ0) is 12.5. The van der Waals surface area contributed by atoms with Gasteiger partial charge in [0.1, 0.15) is 0 Å². The molecule has 1 aliphatic rings. The average molecular weight is 233 g/mol. The van der Waals surface area contributed by atoms with Crippen molar-refractivity contribution in [2.24, 2.45) is 0 Å². The first-order valence-electron chi connectivity index (χ1n) is 6.51. The number of hydrogen-bond donors (Lipinski definition) is 2. The van der Waals surface area contributed by atoms with Crippen LogP contribution in [0.15, 0.2) is 24.3 Å². The number of aliphatic hydroxyl groups is 1. The van der Waals surface area contributed by atoms with Gasteiger partial charge in [0, 0.05) is 12.1 Å². The molecular weight excluding hydrogens is 210 g/mol.